The first-order valence-corrected chi connectivity index (χ1v) is 6.76. The zero-order valence-electron chi connectivity index (χ0n) is 11.3. The second kappa shape index (κ2) is 9.00. The highest BCUT2D eigenvalue weighted by atomic mass is 14.2. The molecule has 0 aliphatic heterocycles. The molecule has 15 heavy (non-hydrogen) atoms. The van der Waals surface area contributed by atoms with E-state index in [1.54, 1.807) is 0 Å². The van der Waals surface area contributed by atoms with Gasteiger partial charge in [-0.25, -0.2) is 0 Å². The van der Waals surface area contributed by atoms with Gasteiger partial charge in [-0.1, -0.05) is 53.0 Å². The minimum absolute atomic E-state index is 0.868. The summed E-state index contributed by atoms with van der Waals surface area (Å²) in [4.78, 5) is 0. The Kier molecular flexibility index (Phi) is 8.85. The van der Waals surface area contributed by atoms with Crippen molar-refractivity contribution in [3.8, 4) is 0 Å². The largest absolute Gasteiger partial charge is 0.103 e. The molecule has 3 atom stereocenters. The number of hydrogen-bond acceptors (Lipinski definition) is 0. The van der Waals surface area contributed by atoms with Crippen LogP contribution in [0.15, 0.2) is 12.7 Å². The second-order valence-corrected chi connectivity index (χ2v) is 5.14. The maximum absolute atomic E-state index is 3.80. The van der Waals surface area contributed by atoms with Crippen LogP contribution >= 0.6 is 0 Å². The van der Waals surface area contributed by atoms with Gasteiger partial charge in [0.25, 0.3) is 0 Å². The van der Waals surface area contributed by atoms with Crippen LogP contribution in [0.4, 0.5) is 0 Å². The van der Waals surface area contributed by atoms with Crippen molar-refractivity contribution in [3.63, 3.8) is 0 Å². The molecule has 0 rings (SSSR count). The highest BCUT2D eigenvalue weighted by Gasteiger charge is 2.17. The molecule has 0 saturated heterocycles. The summed E-state index contributed by atoms with van der Waals surface area (Å²) in [5.41, 5.74) is 0. The molecule has 0 spiro atoms. The first-order chi connectivity index (χ1) is 7.15. The molecule has 0 radical (unpaired) electrons. The summed E-state index contributed by atoms with van der Waals surface area (Å²) >= 11 is 0. The first kappa shape index (κ1) is 14.7. The SMILES string of the molecule is C=CCCC(C)CC(CC)C(C)CCC. The van der Waals surface area contributed by atoms with Crippen molar-refractivity contribution in [2.45, 2.75) is 66.2 Å². The van der Waals surface area contributed by atoms with Crippen LogP contribution in [-0.4, -0.2) is 0 Å². The van der Waals surface area contributed by atoms with Gasteiger partial charge in [-0.05, 0) is 37.0 Å². The maximum atomic E-state index is 3.80. The van der Waals surface area contributed by atoms with Crippen molar-refractivity contribution in [3.05, 3.63) is 12.7 Å². The Hall–Kier alpha value is -0.260. The van der Waals surface area contributed by atoms with E-state index in [1.807, 2.05) is 6.08 Å². The fraction of sp³-hybridized carbons (Fsp3) is 0.867. The van der Waals surface area contributed by atoms with E-state index >= 15 is 0 Å². The fourth-order valence-corrected chi connectivity index (χ4v) is 2.53. The minimum atomic E-state index is 0.868. The highest BCUT2D eigenvalue weighted by Crippen LogP contribution is 2.28. The summed E-state index contributed by atoms with van der Waals surface area (Å²) in [7, 11) is 0. The van der Waals surface area contributed by atoms with Crippen LogP contribution in [0.2, 0.25) is 0 Å². The molecule has 0 fully saturated rings. The molecule has 0 amide bonds. The monoisotopic (exact) mass is 210 g/mol. The van der Waals surface area contributed by atoms with E-state index in [2.05, 4.69) is 34.3 Å². The van der Waals surface area contributed by atoms with Crippen LogP contribution in [0.3, 0.4) is 0 Å². The Labute approximate surface area is 97.2 Å². The molecule has 0 aliphatic rings. The molecule has 0 aliphatic carbocycles. The van der Waals surface area contributed by atoms with E-state index in [0.717, 1.165) is 17.8 Å². The van der Waals surface area contributed by atoms with E-state index in [1.165, 1.54) is 38.5 Å². The van der Waals surface area contributed by atoms with Crippen molar-refractivity contribution >= 4 is 0 Å². The number of rotatable bonds is 9. The van der Waals surface area contributed by atoms with E-state index in [9.17, 15) is 0 Å². The van der Waals surface area contributed by atoms with Crippen molar-refractivity contribution < 1.29 is 0 Å². The molecule has 3 unspecified atom stereocenters. The lowest BCUT2D eigenvalue weighted by Crippen LogP contribution is -2.14. The van der Waals surface area contributed by atoms with Gasteiger partial charge in [0.1, 0.15) is 0 Å². The normalized spacial score (nSPS) is 17.1. The van der Waals surface area contributed by atoms with E-state index < -0.39 is 0 Å². The Balaban J connectivity index is 3.90. The Morgan fingerprint density at radius 1 is 1.13 bits per heavy atom. The van der Waals surface area contributed by atoms with Crippen LogP contribution in [-0.2, 0) is 0 Å². The Morgan fingerprint density at radius 2 is 1.80 bits per heavy atom. The van der Waals surface area contributed by atoms with Gasteiger partial charge in [0.05, 0.1) is 0 Å². The van der Waals surface area contributed by atoms with Gasteiger partial charge in [0.15, 0.2) is 0 Å². The highest BCUT2D eigenvalue weighted by molar-refractivity contribution is 4.72. The molecule has 90 valence electrons. The average molecular weight is 210 g/mol. The number of hydrogen-bond donors (Lipinski definition) is 0. The molecule has 0 aromatic carbocycles. The molecule has 0 nitrogen and oxygen atoms in total. The van der Waals surface area contributed by atoms with Crippen LogP contribution in [0.5, 0.6) is 0 Å². The average Bonchev–Trinajstić information content (AvgIpc) is 2.23. The van der Waals surface area contributed by atoms with Gasteiger partial charge in [-0.15, -0.1) is 6.58 Å². The van der Waals surface area contributed by atoms with Gasteiger partial charge < -0.3 is 0 Å². The summed E-state index contributed by atoms with van der Waals surface area (Å²) in [5.74, 6) is 2.71. The van der Waals surface area contributed by atoms with Crippen LogP contribution in [0.25, 0.3) is 0 Å². The molecule has 0 N–H and O–H groups in total. The van der Waals surface area contributed by atoms with Gasteiger partial charge in [-0.2, -0.15) is 0 Å². The van der Waals surface area contributed by atoms with Crippen molar-refractivity contribution in [1.82, 2.24) is 0 Å². The van der Waals surface area contributed by atoms with Crippen molar-refractivity contribution in [2.24, 2.45) is 17.8 Å². The maximum Gasteiger partial charge on any atom is -0.0351 e. The zero-order chi connectivity index (χ0) is 11.7. The van der Waals surface area contributed by atoms with E-state index in [-0.39, 0.29) is 0 Å². The summed E-state index contributed by atoms with van der Waals surface area (Å²) in [6.45, 7) is 13.3. The van der Waals surface area contributed by atoms with Crippen molar-refractivity contribution in [2.75, 3.05) is 0 Å². The molecular formula is C15H30. The molecule has 0 aromatic rings. The third-order valence-corrected chi connectivity index (χ3v) is 3.64. The van der Waals surface area contributed by atoms with E-state index in [0.29, 0.717) is 0 Å². The summed E-state index contributed by atoms with van der Waals surface area (Å²) in [6, 6.07) is 0. The molecule has 0 bridgehead atoms. The summed E-state index contributed by atoms with van der Waals surface area (Å²) < 4.78 is 0. The lowest BCUT2D eigenvalue weighted by Gasteiger charge is -2.25. The lowest BCUT2D eigenvalue weighted by molar-refractivity contribution is 0.263. The number of allylic oxidation sites excluding steroid dienone is 1. The second-order valence-electron chi connectivity index (χ2n) is 5.14. The Bertz CT molecular complexity index is 148. The standard InChI is InChI=1S/C15H30/c1-6-9-11-13(4)12-15(8-3)14(5)10-7-2/h6,13-15H,1,7-12H2,2-5H3. The van der Waals surface area contributed by atoms with Crippen LogP contribution in [0, 0.1) is 17.8 Å². The molecule has 0 heteroatoms. The third kappa shape index (κ3) is 6.76. The first-order valence-electron chi connectivity index (χ1n) is 6.76. The smallest absolute Gasteiger partial charge is 0.0351 e. The van der Waals surface area contributed by atoms with Gasteiger partial charge >= 0.3 is 0 Å². The Morgan fingerprint density at radius 3 is 2.27 bits per heavy atom. The van der Waals surface area contributed by atoms with Crippen LogP contribution in [0.1, 0.15) is 66.2 Å². The fourth-order valence-electron chi connectivity index (χ4n) is 2.53. The molecule has 0 aromatic heterocycles. The lowest BCUT2D eigenvalue weighted by atomic mass is 9.81. The van der Waals surface area contributed by atoms with E-state index in [4.69, 9.17) is 0 Å². The summed E-state index contributed by atoms with van der Waals surface area (Å²) in [6.07, 6.45) is 10.0. The van der Waals surface area contributed by atoms with Crippen molar-refractivity contribution in [1.29, 1.82) is 0 Å². The van der Waals surface area contributed by atoms with Gasteiger partial charge in [0, 0.05) is 0 Å². The minimum Gasteiger partial charge on any atom is -0.103 e. The quantitative estimate of drug-likeness (QED) is 0.444. The topological polar surface area (TPSA) is 0 Å². The zero-order valence-corrected chi connectivity index (χ0v) is 11.3. The molecular weight excluding hydrogens is 180 g/mol. The summed E-state index contributed by atoms with van der Waals surface area (Å²) in [5, 5.41) is 0. The third-order valence-electron chi connectivity index (χ3n) is 3.64. The van der Waals surface area contributed by atoms with Gasteiger partial charge in [-0.3, -0.25) is 0 Å². The van der Waals surface area contributed by atoms with Gasteiger partial charge in [0.2, 0.25) is 0 Å². The predicted octanol–water partition coefficient (Wildman–Crippen LogP) is 5.44. The molecule has 0 saturated carbocycles. The molecule has 0 heterocycles. The predicted molar refractivity (Wildman–Crippen MR) is 71.1 cm³/mol. The van der Waals surface area contributed by atoms with Crippen LogP contribution < -0.4 is 0 Å².